The van der Waals surface area contributed by atoms with Crippen LogP contribution in [0.25, 0.3) is 0 Å². The average molecular weight is 451 g/mol. The summed E-state index contributed by atoms with van der Waals surface area (Å²) in [5, 5.41) is 11.9. The van der Waals surface area contributed by atoms with Crippen molar-refractivity contribution < 1.29 is 24.2 Å². The molecule has 2 aromatic carbocycles. The van der Waals surface area contributed by atoms with Crippen LogP contribution in [0.5, 0.6) is 0 Å². The summed E-state index contributed by atoms with van der Waals surface area (Å²) in [6.45, 7) is 3.58. The Labute approximate surface area is 172 Å². The van der Waals surface area contributed by atoms with Gasteiger partial charge < -0.3 is 20.9 Å². The summed E-state index contributed by atoms with van der Waals surface area (Å²) in [5.41, 5.74) is 8.58. The number of esters is 1. The van der Waals surface area contributed by atoms with Crippen LogP contribution in [0.4, 0.5) is 11.4 Å². The van der Waals surface area contributed by atoms with E-state index in [2.05, 4.69) is 26.0 Å². The zero-order valence-electron chi connectivity index (χ0n) is 15.9. The molecule has 0 atom stereocenters. The van der Waals surface area contributed by atoms with Crippen LogP contribution in [0.3, 0.4) is 0 Å². The topological polar surface area (TPSA) is 119 Å². The van der Waals surface area contributed by atoms with Crippen LogP contribution in [-0.2, 0) is 14.9 Å². The smallest absolute Gasteiger partial charge is 0.339 e. The van der Waals surface area contributed by atoms with Crippen molar-refractivity contribution in [2.75, 3.05) is 18.2 Å². The predicted molar refractivity (Wildman–Crippen MR) is 112 cm³/mol. The summed E-state index contributed by atoms with van der Waals surface area (Å²) < 4.78 is 4.69. The SMILES string of the molecule is CCC(=O)Nc1ccc(CBr)cc1C(=O)OC.Cc1ccc(N)c(C(=O)O)c1. The van der Waals surface area contributed by atoms with E-state index in [9.17, 15) is 14.4 Å². The number of hydrogen-bond acceptors (Lipinski definition) is 5. The van der Waals surface area contributed by atoms with Crippen LogP contribution >= 0.6 is 15.9 Å². The Bertz CT molecular complexity index is 868. The Kier molecular flexibility index (Phi) is 9.17. The van der Waals surface area contributed by atoms with Gasteiger partial charge in [0, 0.05) is 17.4 Å². The maximum atomic E-state index is 11.6. The number of aromatic carboxylic acids is 1. The number of carboxylic acids is 1. The standard InChI is InChI=1S/C12H14BrNO3.C8H9NO2/c1-3-11(15)14-10-5-4-8(7-13)6-9(10)12(16)17-2;1-5-2-3-7(9)6(4-5)8(10)11/h4-6H,3,7H2,1-2H3,(H,14,15);2-4H,9H2,1H3,(H,10,11). The number of hydrogen-bond donors (Lipinski definition) is 3. The van der Waals surface area contributed by atoms with E-state index in [-0.39, 0.29) is 11.5 Å². The fourth-order valence-electron chi connectivity index (χ4n) is 2.16. The molecule has 0 spiro atoms. The van der Waals surface area contributed by atoms with Crippen molar-refractivity contribution in [3.63, 3.8) is 0 Å². The van der Waals surface area contributed by atoms with Crippen molar-refractivity contribution in [3.05, 3.63) is 58.7 Å². The molecule has 0 fully saturated rings. The van der Waals surface area contributed by atoms with Crippen LogP contribution in [0, 0.1) is 6.92 Å². The zero-order chi connectivity index (χ0) is 21.3. The number of carboxylic acid groups (broad SMARTS) is 1. The highest BCUT2D eigenvalue weighted by Gasteiger charge is 2.14. The zero-order valence-corrected chi connectivity index (χ0v) is 17.5. The molecule has 2 aromatic rings. The van der Waals surface area contributed by atoms with Crippen LogP contribution in [-0.4, -0.2) is 30.1 Å². The number of nitrogens with two attached hydrogens (primary N) is 1. The molecule has 150 valence electrons. The van der Waals surface area contributed by atoms with E-state index in [0.717, 1.165) is 11.1 Å². The van der Waals surface area contributed by atoms with Gasteiger partial charge in [-0.3, -0.25) is 4.79 Å². The van der Waals surface area contributed by atoms with Gasteiger partial charge in [-0.15, -0.1) is 0 Å². The van der Waals surface area contributed by atoms with Crippen molar-refractivity contribution in [1.82, 2.24) is 0 Å². The minimum absolute atomic E-state index is 0.137. The number of nitrogen functional groups attached to an aromatic ring is 1. The van der Waals surface area contributed by atoms with Gasteiger partial charge in [0.25, 0.3) is 0 Å². The molecule has 0 aromatic heterocycles. The molecule has 0 heterocycles. The number of carbonyl (C=O) groups is 3. The number of carbonyl (C=O) groups excluding carboxylic acids is 2. The first-order valence-corrected chi connectivity index (χ1v) is 9.52. The van der Waals surface area contributed by atoms with Gasteiger partial charge in [0.05, 0.1) is 23.9 Å². The first-order valence-electron chi connectivity index (χ1n) is 8.39. The molecule has 0 aliphatic rings. The number of ether oxygens (including phenoxy) is 1. The monoisotopic (exact) mass is 450 g/mol. The number of aryl methyl sites for hydroxylation is 1. The van der Waals surface area contributed by atoms with Gasteiger partial charge in [-0.05, 0) is 36.8 Å². The van der Waals surface area contributed by atoms with E-state index in [1.807, 2.05) is 13.0 Å². The summed E-state index contributed by atoms with van der Waals surface area (Å²) >= 11 is 3.31. The van der Waals surface area contributed by atoms with Crippen molar-refractivity contribution in [2.24, 2.45) is 0 Å². The van der Waals surface area contributed by atoms with E-state index in [1.165, 1.54) is 7.11 Å². The van der Waals surface area contributed by atoms with Gasteiger partial charge >= 0.3 is 11.9 Å². The Morgan fingerprint density at radius 2 is 1.82 bits per heavy atom. The minimum Gasteiger partial charge on any atom is -0.478 e. The molecule has 0 radical (unpaired) electrons. The van der Waals surface area contributed by atoms with Crippen LogP contribution in [0.15, 0.2) is 36.4 Å². The van der Waals surface area contributed by atoms with Gasteiger partial charge in [0.1, 0.15) is 0 Å². The second-order valence-corrected chi connectivity index (χ2v) is 6.36. The molecule has 8 heteroatoms. The van der Waals surface area contributed by atoms with E-state index in [0.29, 0.717) is 28.7 Å². The molecular formula is C20H23BrN2O5. The third kappa shape index (κ3) is 6.70. The first kappa shape index (κ1) is 23.2. The number of anilines is 2. The molecule has 4 N–H and O–H groups in total. The minimum atomic E-state index is -0.980. The lowest BCUT2D eigenvalue weighted by Crippen LogP contribution is -2.14. The number of rotatable bonds is 5. The fraction of sp³-hybridized carbons (Fsp3) is 0.250. The fourth-order valence-corrected chi connectivity index (χ4v) is 2.51. The Balaban J connectivity index is 0.000000307. The largest absolute Gasteiger partial charge is 0.478 e. The van der Waals surface area contributed by atoms with Crippen molar-refractivity contribution in [1.29, 1.82) is 0 Å². The third-order valence-electron chi connectivity index (χ3n) is 3.68. The number of halogens is 1. The summed E-state index contributed by atoms with van der Waals surface area (Å²) in [6.07, 6.45) is 0.362. The first-order chi connectivity index (χ1) is 13.2. The molecule has 2 rings (SSSR count). The Morgan fingerprint density at radius 3 is 2.32 bits per heavy atom. The molecule has 0 saturated carbocycles. The van der Waals surface area contributed by atoms with Gasteiger partial charge in [0.2, 0.25) is 5.91 Å². The van der Waals surface area contributed by atoms with Crippen LogP contribution in [0.2, 0.25) is 0 Å². The van der Waals surface area contributed by atoms with E-state index < -0.39 is 11.9 Å². The molecule has 0 bridgehead atoms. The lowest BCUT2D eigenvalue weighted by atomic mass is 10.1. The molecule has 0 aliphatic carbocycles. The van der Waals surface area contributed by atoms with Crippen molar-refractivity contribution in [2.45, 2.75) is 25.6 Å². The lowest BCUT2D eigenvalue weighted by Gasteiger charge is -2.10. The third-order valence-corrected chi connectivity index (χ3v) is 4.33. The molecule has 28 heavy (non-hydrogen) atoms. The Morgan fingerprint density at radius 1 is 1.14 bits per heavy atom. The summed E-state index contributed by atoms with van der Waals surface area (Å²) in [7, 11) is 1.31. The molecular weight excluding hydrogens is 428 g/mol. The van der Waals surface area contributed by atoms with Gasteiger partial charge in [-0.1, -0.05) is 40.5 Å². The van der Waals surface area contributed by atoms with E-state index >= 15 is 0 Å². The number of alkyl halides is 1. The summed E-state index contributed by atoms with van der Waals surface area (Å²) in [5.74, 6) is -1.58. The molecule has 0 unspecified atom stereocenters. The van der Waals surface area contributed by atoms with E-state index in [1.54, 1.807) is 37.3 Å². The van der Waals surface area contributed by atoms with Crippen molar-refractivity contribution >= 4 is 45.2 Å². The number of amides is 1. The second kappa shape index (κ2) is 11.1. The lowest BCUT2D eigenvalue weighted by molar-refractivity contribution is -0.115. The van der Waals surface area contributed by atoms with E-state index in [4.69, 9.17) is 10.8 Å². The van der Waals surface area contributed by atoms with Crippen molar-refractivity contribution in [3.8, 4) is 0 Å². The normalized spacial score (nSPS) is 9.71. The predicted octanol–water partition coefficient (Wildman–Crippen LogP) is 3.99. The highest BCUT2D eigenvalue weighted by molar-refractivity contribution is 9.08. The quantitative estimate of drug-likeness (QED) is 0.359. The van der Waals surface area contributed by atoms with Gasteiger partial charge in [-0.2, -0.15) is 0 Å². The second-order valence-electron chi connectivity index (χ2n) is 5.80. The highest BCUT2D eigenvalue weighted by Crippen LogP contribution is 2.20. The number of benzene rings is 2. The Hall–Kier alpha value is -2.87. The summed E-state index contributed by atoms with van der Waals surface area (Å²) in [4.78, 5) is 33.4. The van der Waals surface area contributed by atoms with Gasteiger partial charge in [-0.25, -0.2) is 9.59 Å². The molecule has 0 aliphatic heterocycles. The molecule has 7 nitrogen and oxygen atoms in total. The molecule has 1 amide bonds. The number of nitrogens with one attached hydrogen (secondary N) is 1. The highest BCUT2D eigenvalue weighted by atomic mass is 79.9. The maximum absolute atomic E-state index is 11.6. The van der Waals surface area contributed by atoms with Gasteiger partial charge in [0.15, 0.2) is 0 Å². The maximum Gasteiger partial charge on any atom is 0.339 e. The van der Waals surface area contributed by atoms with Crippen LogP contribution in [0.1, 0.15) is 45.2 Å². The molecule has 0 saturated heterocycles. The number of methoxy groups -OCH3 is 1. The van der Waals surface area contributed by atoms with Crippen LogP contribution < -0.4 is 11.1 Å². The average Bonchev–Trinajstić information content (AvgIpc) is 2.69. The summed E-state index contributed by atoms with van der Waals surface area (Å²) in [6, 6.07) is 10.2.